The number of aromatic nitrogens is 2. The number of amides is 1. The second-order valence-electron chi connectivity index (χ2n) is 7.03. The third kappa shape index (κ3) is 3.43. The fourth-order valence-corrected chi connectivity index (χ4v) is 4.77. The maximum Gasteiger partial charge on any atom is 0.226 e. The lowest BCUT2D eigenvalue weighted by Gasteiger charge is -2.34. The van der Waals surface area contributed by atoms with Crippen LogP contribution in [0.25, 0.3) is 0 Å². The lowest BCUT2D eigenvalue weighted by molar-refractivity contribution is -0.139. The SMILES string of the molecule is O=C(C1CCC1)N1CCn2nc(CN[C@@H]3CCCSC3)cc2C1. The summed E-state index contributed by atoms with van der Waals surface area (Å²) in [4.78, 5) is 14.4. The van der Waals surface area contributed by atoms with E-state index in [1.807, 2.05) is 16.7 Å². The Labute approximate surface area is 142 Å². The topological polar surface area (TPSA) is 50.2 Å². The molecule has 0 spiro atoms. The van der Waals surface area contributed by atoms with Gasteiger partial charge in [-0.05, 0) is 37.5 Å². The smallest absolute Gasteiger partial charge is 0.226 e. The van der Waals surface area contributed by atoms with Crippen LogP contribution in [0, 0.1) is 5.92 Å². The van der Waals surface area contributed by atoms with E-state index in [4.69, 9.17) is 5.10 Å². The van der Waals surface area contributed by atoms with E-state index in [0.717, 1.165) is 44.7 Å². The summed E-state index contributed by atoms with van der Waals surface area (Å²) in [5, 5.41) is 8.36. The van der Waals surface area contributed by atoms with Gasteiger partial charge in [-0.1, -0.05) is 6.42 Å². The lowest BCUT2D eigenvalue weighted by atomic mass is 9.84. The van der Waals surface area contributed by atoms with Crippen LogP contribution in [0.3, 0.4) is 0 Å². The largest absolute Gasteiger partial charge is 0.335 e. The number of nitrogens with zero attached hydrogens (tertiary/aromatic N) is 3. The Morgan fingerprint density at radius 3 is 2.96 bits per heavy atom. The molecular formula is C17H26N4OS. The fourth-order valence-electron chi connectivity index (χ4n) is 3.66. The first-order chi connectivity index (χ1) is 11.3. The molecule has 6 heteroatoms. The van der Waals surface area contributed by atoms with E-state index in [9.17, 15) is 4.79 Å². The minimum atomic E-state index is 0.300. The second kappa shape index (κ2) is 6.85. The monoisotopic (exact) mass is 334 g/mol. The summed E-state index contributed by atoms with van der Waals surface area (Å²) in [5.74, 6) is 3.19. The molecule has 0 radical (unpaired) electrons. The average molecular weight is 334 g/mol. The van der Waals surface area contributed by atoms with Gasteiger partial charge in [0.2, 0.25) is 5.91 Å². The summed E-state index contributed by atoms with van der Waals surface area (Å²) in [5.41, 5.74) is 2.31. The van der Waals surface area contributed by atoms with Gasteiger partial charge in [0.15, 0.2) is 0 Å². The molecule has 126 valence electrons. The number of fused-ring (bicyclic) bond motifs is 1. The number of thioether (sulfide) groups is 1. The van der Waals surface area contributed by atoms with Gasteiger partial charge in [-0.2, -0.15) is 16.9 Å². The van der Waals surface area contributed by atoms with Crippen molar-refractivity contribution < 1.29 is 4.79 Å². The van der Waals surface area contributed by atoms with E-state index >= 15 is 0 Å². The van der Waals surface area contributed by atoms with Gasteiger partial charge in [-0.25, -0.2) is 0 Å². The number of rotatable bonds is 4. The quantitative estimate of drug-likeness (QED) is 0.915. The number of hydrogen-bond donors (Lipinski definition) is 1. The molecule has 0 bridgehead atoms. The van der Waals surface area contributed by atoms with Crippen molar-refractivity contribution in [2.75, 3.05) is 18.1 Å². The molecule has 1 N–H and O–H groups in total. The molecule has 2 aliphatic heterocycles. The van der Waals surface area contributed by atoms with Crippen molar-refractivity contribution in [2.45, 2.75) is 57.8 Å². The van der Waals surface area contributed by atoms with Crippen LogP contribution in [0.2, 0.25) is 0 Å². The molecule has 0 aromatic carbocycles. The lowest BCUT2D eigenvalue weighted by Crippen LogP contribution is -2.43. The van der Waals surface area contributed by atoms with Crippen molar-refractivity contribution in [3.63, 3.8) is 0 Å². The molecule has 1 saturated carbocycles. The number of carbonyl (C=O) groups is 1. The molecule has 1 aliphatic carbocycles. The summed E-state index contributed by atoms with van der Waals surface area (Å²) in [6.07, 6.45) is 5.99. The van der Waals surface area contributed by atoms with E-state index in [0.29, 0.717) is 17.9 Å². The molecular weight excluding hydrogens is 308 g/mol. The van der Waals surface area contributed by atoms with Crippen LogP contribution in [0.5, 0.6) is 0 Å². The van der Waals surface area contributed by atoms with E-state index in [1.165, 1.54) is 36.5 Å². The summed E-state index contributed by atoms with van der Waals surface area (Å²) in [6.45, 7) is 3.24. The van der Waals surface area contributed by atoms with Crippen molar-refractivity contribution in [3.8, 4) is 0 Å². The number of hydrogen-bond acceptors (Lipinski definition) is 4. The maximum absolute atomic E-state index is 12.4. The Kier molecular flexibility index (Phi) is 4.62. The van der Waals surface area contributed by atoms with Gasteiger partial charge in [0.05, 0.1) is 24.5 Å². The average Bonchev–Trinajstić information content (AvgIpc) is 2.94. The highest BCUT2D eigenvalue weighted by Gasteiger charge is 2.31. The van der Waals surface area contributed by atoms with Crippen LogP contribution in [0.1, 0.15) is 43.5 Å². The van der Waals surface area contributed by atoms with Crippen LogP contribution < -0.4 is 5.32 Å². The van der Waals surface area contributed by atoms with Crippen molar-refractivity contribution in [3.05, 3.63) is 17.5 Å². The van der Waals surface area contributed by atoms with Crippen LogP contribution >= 0.6 is 11.8 Å². The van der Waals surface area contributed by atoms with Crippen molar-refractivity contribution >= 4 is 17.7 Å². The zero-order valence-electron chi connectivity index (χ0n) is 13.7. The van der Waals surface area contributed by atoms with Gasteiger partial charge in [-0.15, -0.1) is 0 Å². The normalized spacial score (nSPS) is 25.0. The Balaban J connectivity index is 1.34. The highest BCUT2D eigenvalue weighted by atomic mass is 32.2. The number of nitrogens with one attached hydrogen (secondary N) is 1. The Bertz CT molecular complexity index is 563. The molecule has 5 nitrogen and oxygen atoms in total. The van der Waals surface area contributed by atoms with Gasteiger partial charge in [0.1, 0.15) is 0 Å². The summed E-state index contributed by atoms with van der Waals surface area (Å²) in [6, 6.07) is 2.81. The van der Waals surface area contributed by atoms with Crippen molar-refractivity contribution in [1.29, 1.82) is 0 Å². The molecule has 1 aromatic rings. The van der Waals surface area contributed by atoms with Crippen LogP contribution in [0.4, 0.5) is 0 Å². The van der Waals surface area contributed by atoms with Gasteiger partial charge >= 0.3 is 0 Å². The standard InChI is InChI=1S/C17H26N4OS/c22-17(13-3-1-4-13)20-6-7-21-16(11-20)9-15(19-21)10-18-14-5-2-8-23-12-14/h9,13-14,18H,1-8,10-12H2/t14-/m1/s1. The van der Waals surface area contributed by atoms with Gasteiger partial charge < -0.3 is 10.2 Å². The molecule has 4 rings (SSSR count). The van der Waals surface area contributed by atoms with Crippen molar-refractivity contribution in [1.82, 2.24) is 20.0 Å². The number of carbonyl (C=O) groups excluding carboxylic acids is 1. The van der Waals surface area contributed by atoms with Crippen LogP contribution in [0.15, 0.2) is 6.07 Å². The first-order valence-electron chi connectivity index (χ1n) is 8.95. The summed E-state index contributed by atoms with van der Waals surface area (Å²) >= 11 is 2.05. The van der Waals surface area contributed by atoms with E-state index in [-0.39, 0.29) is 0 Å². The molecule has 1 saturated heterocycles. The molecule has 3 heterocycles. The van der Waals surface area contributed by atoms with E-state index in [2.05, 4.69) is 16.1 Å². The zero-order chi connectivity index (χ0) is 15.6. The first kappa shape index (κ1) is 15.5. The van der Waals surface area contributed by atoms with Gasteiger partial charge in [0.25, 0.3) is 0 Å². The zero-order valence-corrected chi connectivity index (χ0v) is 14.5. The maximum atomic E-state index is 12.4. The van der Waals surface area contributed by atoms with E-state index < -0.39 is 0 Å². The van der Waals surface area contributed by atoms with Crippen molar-refractivity contribution in [2.24, 2.45) is 5.92 Å². The van der Waals surface area contributed by atoms with E-state index in [1.54, 1.807) is 0 Å². The summed E-state index contributed by atoms with van der Waals surface area (Å²) < 4.78 is 2.09. The molecule has 23 heavy (non-hydrogen) atoms. The highest BCUT2D eigenvalue weighted by Crippen LogP contribution is 2.29. The third-order valence-electron chi connectivity index (χ3n) is 5.35. The summed E-state index contributed by atoms with van der Waals surface area (Å²) in [7, 11) is 0. The molecule has 1 atom stereocenters. The third-order valence-corrected chi connectivity index (χ3v) is 6.56. The Morgan fingerprint density at radius 1 is 1.30 bits per heavy atom. The van der Waals surface area contributed by atoms with Crippen LogP contribution in [-0.2, 0) is 24.4 Å². The molecule has 1 amide bonds. The highest BCUT2D eigenvalue weighted by molar-refractivity contribution is 7.99. The second-order valence-corrected chi connectivity index (χ2v) is 8.18. The van der Waals surface area contributed by atoms with Crippen LogP contribution in [-0.4, -0.2) is 44.7 Å². The minimum Gasteiger partial charge on any atom is -0.335 e. The molecule has 1 aromatic heterocycles. The molecule has 0 unspecified atom stereocenters. The Morgan fingerprint density at radius 2 is 2.22 bits per heavy atom. The van der Waals surface area contributed by atoms with Gasteiger partial charge in [0, 0.05) is 30.8 Å². The molecule has 2 fully saturated rings. The van der Waals surface area contributed by atoms with Gasteiger partial charge in [-0.3, -0.25) is 9.48 Å². The predicted octanol–water partition coefficient (Wildman–Crippen LogP) is 2.01. The minimum absolute atomic E-state index is 0.300. The predicted molar refractivity (Wildman–Crippen MR) is 92.2 cm³/mol. The fraction of sp³-hybridized carbons (Fsp3) is 0.765. The first-order valence-corrected chi connectivity index (χ1v) is 10.1. The Hall–Kier alpha value is -1.01. The molecule has 3 aliphatic rings.